The van der Waals surface area contributed by atoms with Crippen molar-refractivity contribution >= 4 is 28.6 Å². The Labute approximate surface area is 230 Å². The molecule has 1 aliphatic heterocycles. The summed E-state index contributed by atoms with van der Waals surface area (Å²) in [7, 11) is 1.62. The van der Waals surface area contributed by atoms with Gasteiger partial charge in [-0.2, -0.15) is 0 Å². The van der Waals surface area contributed by atoms with Crippen LogP contribution in [0, 0.1) is 0 Å². The molecule has 12 heteroatoms. The molecule has 0 radical (unpaired) electrons. The van der Waals surface area contributed by atoms with E-state index in [1.165, 1.54) is 6.33 Å². The van der Waals surface area contributed by atoms with Crippen molar-refractivity contribution in [1.82, 2.24) is 35.1 Å². The molecule has 0 bridgehead atoms. The number of carbonyl (C=O) groups is 1. The molecule has 1 saturated heterocycles. The number of fused-ring (bicyclic) bond motifs is 1. The van der Waals surface area contributed by atoms with E-state index >= 15 is 0 Å². The van der Waals surface area contributed by atoms with Gasteiger partial charge >= 0.3 is 0 Å². The van der Waals surface area contributed by atoms with Crippen LogP contribution in [-0.2, 0) is 0 Å². The number of amides is 1. The molecule has 10 nitrogen and oxygen atoms in total. The quantitative estimate of drug-likeness (QED) is 0.325. The van der Waals surface area contributed by atoms with Gasteiger partial charge in [0.15, 0.2) is 0 Å². The first kappa shape index (κ1) is 27.3. The molecule has 0 spiro atoms. The lowest BCUT2D eigenvalue weighted by Crippen LogP contribution is -2.48. The van der Waals surface area contributed by atoms with Crippen LogP contribution in [-0.4, -0.2) is 88.5 Å². The van der Waals surface area contributed by atoms with Gasteiger partial charge in [0.1, 0.15) is 12.1 Å². The van der Waals surface area contributed by atoms with Crippen LogP contribution in [0.25, 0.3) is 22.2 Å². The van der Waals surface area contributed by atoms with E-state index in [2.05, 4.69) is 42.5 Å². The summed E-state index contributed by atoms with van der Waals surface area (Å²) in [5.74, 6) is 1.17. The summed E-state index contributed by atoms with van der Waals surface area (Å²) in [6, 6.07) is 9.45. The van der Waals surface area contributed by atoms with Gasteiger partial charge in [-0.3, -0.25) is 14.7 Å². The van der Waals surface area contributed by atoms with Crippen LogP contribution in [0.2, 0.25) is 0 Å². The Morgan fingerprint density at radius 1 is 1.02 bits per heavy atom. The van der Waals surface area contributed by atoms with Crippen molar-refractivity contribution in [2.75, 3.05) is 56.5 Å². The zero-order valence-corrected chi connectivity index (χ0v) is 22.4. The van der Waals surface area contributed by atoms with Gasteiger partial charge < -0.3 is 15.5 Å². The summed E-state index contributed by atoms with van der Waals surface area (Å²) < 4.78 is 25.3. The minimum Gasteiger partial charge on any atom is -0.369 e. The highest BCUT2D eigenvalue weighted by molar-refractivity contribution is 6.06. The smallest absolute Gasteiger partial charge is 0.251 e. The number of nitrogens with one attached hydrogen (secondary N) is 2. The van der Waals surface area contributed by atoms with Gasteiger partial charge in [0.05, 0.1) is 23.3 Å². The largest absolute Gasteiger partial charge is 0.369 e. The average molecular weight is 548 g/mol. The normalized spacial score (nSPS) is 14.9. The van der Waals surface area contributed by atoms with Gasteiger partial charge in [-0.1, -0.05) is 25.1 Å². The van der Waals surface area contributed by atoms with Crippen LogP contribution in [0.4, 0.5) is 20.5 Å². The predicted octanol–water partition coefficient (Wildman–Crippen LogP) is 3.44. The molecule has 0 aliphatic carbocycles. The molecule has 0 saturated carbocycles. The number of halogens is 2. The van der Waals surface area contributed by atoms with E-state index in [4.69, 9.17) is 0 Å². The number of hydrogen-bond acceptors (Lipinski definition) is 9. The van der Waals surface area contributed by atoms with Crippen LogP contribution in [0.5, 0.6) is 0 Å². The van der Waals surface area contributed by atoms with Gasteiger partial charge in [-0.05, 0) is 11.6 Å². The Hall–Kier alpha value is -4.32. The summed E-state index contributed by atoms with van der Waals surface area (Å²) in [5, 5.41) is 6.88. The van der Waals surface area contributed by atoms with Gasteiger partial charge in [0, 0.05) is 81.3 Å². The van der Waals surface area contributed by atoms with Crippen LogP contribution < -0.4 is 15.5 Å². The van der Waals surface area contributed by atoms with Crippen LogP contribution >= 0.6 is 0 Å². The Kier molecular flexibility index (Phi) is 8.34. The number of hydrogen-bond donors (Lipinski definition) is 2. The molecule has 5 rings (SSSR count). The van der Waals surface area contributed by atoms with Gasteiger partial charge in [0.2, 0.25) is 5.95 Å². The Morgan fingerprint density at radius 3 is 2.52 bits per heavy atom. The van der Waals surface area contributed by atoms with Crippen LogP contribution in [0.1, 0.15) is 28.8 Å². The first-order valence-electron chi connectivity index (χ1n) is 13.2. The Balaban J connectivity index is 1.24. The maximum atomic E-state index is 12.6. The highest BCUT2D eigenvalue weighted by atomic mass is 19.3. The molecular weight excluding hydrogens is 516 g/mol. The molecular formula is C28H31F2N9O. The van der Waals surface area contributed by atoms with Crippen molar-refractivity contribution in [2.45, 2.75) is 19.3 Å². The molecule has 3 aromatic heterocycles. The molecule has 40 heavy (non-hydrogen) atoms. The van der Waals surface area contributed by atoms with E-state index in [1.54, 1.807) is 36.6 Å². The lowest BCUT2D eigenvalue weighted by Gasteiger charge is -2.34. The van der Waals surface area contributed by atoms with E-state index in [9.17, 15) is 13.6 Å². The number of piperazine rings is 1. The molecule has 0 unspecified atom stereocenters. The van der Waals surface area contributed by atoms with Crippen molar-refractivity contribution in [3.63, 3.8) is 0 Å². The second-order valence-corrected chi connectivity index (χ2v) is 9.70. The maximum Gasteiger partial charge on any atom is 0.251 e. The number of benzene rings is 1. The molecule has 1 atom stereocenters. The summed E-state index contributed by atoms with van der Waals surface area (Å²) in [5.41, 5.74) is 3.86. The van der Waals surface area contributed by atoms with Crippen molar-refractivity contribution in [2.24, 2.45) is 0 Å². The fourth-order valence-electron chi connectivity index (χ4n) is 4.85. The average Bonchev–Trinajstić information content (AvgIpc) is 2.99. The highest BCUT2D eigenvalue weighted by Gasteiger charge is 2.21. The summed E-state index contributed by atoms with van der Waals surface area (Å²) in [6.45, 7) is 4.80. The van der Waals surface area contributed by atoms with Gasteiger partial charge in [-0.25, -0.2) is 28.7 Å². The van der Waals surface area contributed by atoms with Crippen LogP contribution in [0.15, 0.2) is 55.2 Å². The van der Waals surface area contributed by atoms with E-state index in [1.807, 2.05) is 29.2 Å². The Morgan fingerprint density at radius 2 is 1.80 bits per heavy atom. The second kappa shape index (κ2) is 12.2. The van der Waals surface area contributed by atoms with Gasteiger partial charge in [-0.15, -0.1) is 0 Å². The number of pyridine rings is 1. The fraction of sp³-hybridized carbons (Fsp3) is 0.357. The van der Waals surface area contributed by atoms with Crippen molar-refractivity contribution in [3.05, 3.63) is 66.4 Å². The molecule has 208 valence electrons. The highest BCUT2D eigenvalue weighted by Crippen LogP contribution is 2.27. The number of nitrogens with zero attached hydrogens (tertiary/aromatic N) is 7. The molecule has 1 aromatic carbocycles. The van der Waals surface area contributed by atoms with E-state index in [0.29, 0.717) is 55.7 Å². The van der Waals surface area contributed by atoms with E-state index in [0.717, 1.165) is 22.0 Å². The minimum atomic E-state index is -2.32. The predicted molar refractivity (Wildman–Crippen MR) is 150 cm³/mol. The summed E-state index contributed by atoms with van der Waals surface area (Å²) in [4.78, 5) is 38.4. The molecule has 1 fully saturated rings. The number of anilines is 2. The molecule has 4 aromatic rings. The van der Waals surface area contributed by atoms with E-state index in [-0.39, 0.29) is 18.4 Å². The summed E-state index contributed by atoms with van der Waals surface area (Å²) in [6.07, 6.45) is 4.26. The van der Waals surface area contributed by atoms with Gasteiger partial charge in [0.25, 0.3) is 12.3 Å². The zero-order valence-electron chi connectivity index (χ0n) is 22.4. The first-order chi connectivity index (χ1) is 19.4. The number of alkyl halides is 2. The third kappa shape index (κ3) is 6.12. The van der Waals surface area contributed by atoms with E-state index < -0.39 is 6.43 Å². The van der Waals surface area contributed by atoms with Crippen molar-refractivity contribution in [1.29, 1.82) is 0 Å². The molecule has 2 N–H and O–H groups in total. The molecule has 1 amide bonds. The topological polar surface area (TPSA) is 112 Å². The monoisotopic (exact) mass is 547 g/mol. The minimum absolute atomic E-state index is 0.0818. The third-order valence-electron chi connectivity index (χ3n) is 7.05. The molecule has 4 heterocycles. The number of carbonyl (C=O) groups excluding carboxylic acids is 1. The molecule has 1 aliphatic rings. The second-order valence-electron chi connectivity index (χ2n) is 9.70. The van der Waals surface area contributed by atoms with Crippen molar-refractivity contribution in [3.8, 4) is 11.3 Å². The first-order valence-corrected chi connectivity index (χ1v) is 13.2. The lowest BCUT2D eigenvalue weighted by atomic mass is 9.96. The van der Waals surface area contributed by atoms with Crippen molar-refractivity contribution < 1.29 is 13.6 Å². The lowest BCUT2D eigenvalue weighted by molar-refractivity contribution is 0.0852. The fourth-order valence-corrected chi connectivity index (χ4v) is 4.85. The summed E-state index contributed by atoms with van der Waals surface area (Å²) >= 11 is 0. The standard InChI is InChI=1S/C28H31F2N9O/c1-18(20-4-3-5-21-22(27(40)31-2)6-7-32-26(20)21)13-33-25-12-23(36-17-37-25)19-14-34-28(35-15-19)39-10-8-38(9-11-39)16-24(29)30/h3-7,12,14-15,17-18,24H,8-11,13,16H2,1-2H3,(H,31,40)(H,33,36,37)/t18-/m1/s1. The Bertz CT molecular complexity index is 1460. The number of rotatable bonds is 9. The number of para-hydroxylation sites is 1. The SMILES string of the molecule is CNC(=O)c1ccnc2c([C@H](C)CNc3cc(-c4cnc(N5CCN(CC(F)F)CC5)nc4)ncn3)cccc12. The van der Waals surface area contributed by atoms with Crippen LogP contribution in [0.3, 0.4) is 0 Å². The number of aromatic nitrogens is 5. The third-order valence-corrected chi connectivity index (χ3v) is 7.05. The zero-order chi connectivity index (χ0) is 28.1. The maximum absolute atomic E-state index is 12.6.